The Morgan fingerprint density at radius 1 is 0.833 bits per heavy atom. The summed E-state index contributed by atoms with van der Waals surface area (Å²) in [4.78, 5) is 10.0. The maximum absolute atomic E-state index is 10.0. The molecule has 0 saturated heterocycles. The molecule has 0 radical (unpaired) electrons. The minimum Gasteiger partial charge on any atom is -0.329 e. The Balaban J connectivity index is 3.34. The Hall–Kier alpha value is -0.630. The average molecular weight is 341 g/mol. The second-order valence-corrected chi connectivity index (χ2v) is 7.81. The normalized spacial score (nSPS) is 12.8. The van der Waals surface area contributed by atoms with E-state index in [1.807, 2.05) is 5.94 Å². The molecule has 24 heavy (non-hydrogen) atoms. The second kappa shape index (κ2) is 15.9. The van der Waals surface area contributed by atoms with Crippen molar-refractivity contribution in [3.63, 3.8) is 0 Å². The molecule has 0 bridgehead atoms. The van der Waals surface area contributed by atoms with E-state index >= 15 is 0 Å². The van der Waals surface area contributed by atoms with Gasteiger partial charge in [0.2, 0.25) is 0 Å². The summed E-state index contributed by atoms with van der Waals surface area (Å²) in [5.41, 5.74) is 0. The van der Waals surface area contributed by atoms with Gasteiger partial charge in [-0.25, -0.2) is 4.79 Å². The molecule has 0 aliphatic carbocycles. The monoisotopic (exact) mass is 340 g/mol. The number of nitrogens with zero attached hydrogens (tertiary/aromatic N) is 1. The predicted octanol–water partition coefficient (Wildman–Crippen LogP) is 5.51. The van der Waals surface area contributed by atoms with Crippen LogP contribution in [0, 0.1) is 0 Å². The Morgan fingerprint density at radius 2 is 1.29 bits per heavy atom. The van der Waals surface area contributed by atoms with Gasteiger partial charge >= 0.3 is 0 Å². The van der Waals surface area contributed by atoms with Crippen LogP contribution in [0.2, 0.25) is 0 Å². The van der Waals surface area contributed by atoms with Crippen LogP contribution in [0.3, 0.4) is 0 Å². The maximum Gasteiger partial charge on any atom is 0.192 e. The second-order valence-electron chi connectivity index (χ2n) is 7.81. The highest BCUT2D eigenvalue weighted by Gasteiger charge is 2.22. The zero-order valence-electron chi connectivity index (χ0n) is 16.8. The highest BCUT2D eigenvalue weighted by molar-refractivity contribution is 5.44. The summed E-state index contributed by atoms with van der Waals surface area (Å²) in [5, 5.41) is 0. The van der Waals surface area contributed by atoms with E-state index in [0.717, 1.165) is 23.9 Å². The van der Waals surface area contributed by atoms with Gasteiger partial charge in [0.1, 0.15) is 5.94 Å². The molecule has 0 aromatic carbocycles. The number of hydrogen-bond acceptors (Lipinski definition) is 2. The summed E-state index contributed by atoms with van der Waals surface area (Å²) in [5.74, 6) is 1.84. The first-order valence-electron chi connectivity index (χ1n) is 10.1. The van der Waals surface area contributed by atoms with E-state index < -0.39 is 0 Å². The number of hydrogen-bond donors (Lipinski definition) is 0. The summed E-state index contributed by atoms with van der Waals surface area (Å²) in [7, 11) is 6.66. The summed E-state index contributed by atoms with van der Waals surface area (Å²) in [6.45, 7) is 2.90. The fourth-order valence-corrected chi connectivity index (χ4v) is 3.10. The van der Waals surface area contributed by atoms with Gasteiger partial charge in [0, 0.05) is 6.42 Å². The number of ether oxygens (including phenoxy) is 1. The zero-order valence-corrected chi connectivity index (χ0v) is 16.8. The van der Waals surface area contributed by atoms with Gasteiger partial charge in [0.15, 0.2) is 6.23 Å². The fraction of sp³-hybridized carbons (Fsp3) is 0.905. The zero-order chi connectivity index (χ0) is 18.1. The third-order valence-corrected chi connectivity index (χ3v) is 4.61. The number of unbranched alkanes of at least 4 members (excludes halogenated alkanes) is 11. The topological polar surface area (TPSA) is 26.3 Å². The van der Waals surface area contributed by atoms with Crippen LogP contribution in [0.25, 0.3) is 0 Å². The number of quaternary nitrogens is 1. The van der Waals surface area contributed by atoms with Crippen molar-refractivity contribution in [1.82, 2.24) is 0 Å². The average Bonchev–Trinajstić information content (AvgIpc) is 2.53. The van der Waals surface area contributed by atoms with Crippen LogP contribution < -0.4 is 0 Å². The lowest BCUT2D eigenvalue weighted by Gasteiger charge is -2.33. The standard InChI is InChI=1S/C21H42NO2/c1-5-24-21(22(2,3)4)19-17-15-13-11-9-7-6-8-10-12-14-16-18-20-23/h18,21H,5-17,19H2,1-4H3/q+1. The molecule has 0 spiro atoms. The molecule has 0 saturated carbocycles. The highest BCUT2D eigenvalue weighted by Crippen LogP contribution is 2.16. The molecule has 0 fully saturated rings. The molecule has 0 N–H and O–H groups in total. The third kappa shape index (κ3) is 14.9. The first-order chi connectivity index (χ1) is 11.5. The van der Waals surface area contributed by atoms with Gasteiger partial charge in [-0.05, 0) is 32.3 Å². The molecule has 0 rings (SSSR count). The molecular formula is C21H42NO2+. The molecule has 0 aliphatic heterocycles. The van der Waals surface area contributed by atoms with Gasteiger partial charge in [0.05, 0.1) is 27.7 Å². The summed E-state index contributed by atoms with van der Waals surface area (Å²) < 4.78 is 6.77. The van der Waals surface area contributed by atoms with Crippen molar-refractivity contribution in [3.8, 4) is 0 Å². The van der Waals surface area contributed by atoms with E-state index in [1.165, 1.54) is 70.6 Å². The van der Waals surface area contributed by atoms with Crippen LogP contribution in [0.15, 0.2) is 6.08 Å². The minimum atomic E-state index is 0.344. The van der Waals surface area contributed by atoms with Crippen molar-refractivity contribution in [1.29, 1.82) is 0 Å². The lowest BCUT2D eigenvalue weighted by atomic mass is 10.0. The van der Waals surface area contributed by atoms with Crippen LogP contribution in [-0.2, 0) is 9.53 Å². The smallest absolute Gasteiger partial charge is 0.192 e. The fourth-order valence-electron chi connectivity index (χ4n) is 3.10. The Bertz CT molecular complexity index is 316. The van der Waals surface area contributed by atoms with Crippen LogP contribution in [0.1, 0.15) is 90.4 Å². The van der Waals surface area contributed by atoms with Crippen LogP contribution in [0.4, 0.5) is 0 Å². The van der Waals surface area contributed by atoms with E-state index in [-0.39, 0.29) is 0 Å². The maximum atomic E-state index is 10.0. The molecule has 3 heteroatoms. The van der Waals surface area contributed by atoms with Gasteiger partial charge in [-0.1, -0.05) is 57.8 Å². The molecule has 0 aromatic heterocycles. The molecular weight excluding hydrogens is 298 g/mol. The molecule has 0 heterocycles. The van der Waals surface area contributed by atoms with Crippen LogP contribution in [0.5, 0.6) is 0 Å². The van der Waals surface area contributed by atoms with Crippen LogP contribution in [-0.4, -0.2) is 44.4 Å². The largest absolute Gasteiger partial charge is 0.329 e. The predicted molar refractivity (Wildman–Crippen MR) is 104 cm³/mol. The molecule has 142 valence electrons. The molecule has 0 aromatic rings. The number of carbonyl (C=O) groups excluding carboxylic acids is 1. The van der Waals surface area contributed by atoms with Crippen LogP contribution >= 0.6 is 0 Å². The molecule has 1 atom stereocenters. The lowest BCUT2D eigenvalue weighted by molar-refractivity contribution is -0.920. The van der Waals surface area contributed by atoms with Crippen molar-refractivity contribution in [2.24, 2.45) is 0 Å². The third-order valence-electron chi connectivity index (χ3n) is 4.61. The van der Waals surface area contributed by atoms with Crippen molar-refractivity contribution in [3.05, 3.63) is 6.08 Å². The summed E-state index contributed by atoms with van der Waals surface area (Å²) in [6, 6.07) is 0. The van der Waals surface area contributed by atoms with E-state index in [1.54, 1.807) is 6.08 Å². The first-order valence-corrected chi connectivity index (χ1v) is 10.1. The Labute approximate surface area is 151 Å². The van der Waals surface area contributed by atoms with Crippen molar-refractivity contribution in [2.45, 2.75) is 96.6 Å². The van der Waals surface area contributed by atoms with E-state index in [0.29, 0.717) is 6.23 Å². The molecule has 0 aliphatic rings. The van der Waals surface area contributed by atoms with Crippen molar-refractivity contribution >= 4 is 5.94 Å². The van der Waals surface area contributed by atoms with E-state index in [4.69, 9.17) is 4.74 Å². The van der Waals surface area contributed by atoms with Gasteiger partial charge < -0.3 is 9.22 Å². The number of rotatable bonds is 17. The van der Waals surface area contributed by atoms with Gasteiger partial charge in [-0.15, -0.1) is 0 Å². The minimum absolute atomic E-state index is 0.344. The Morgan fingerprint density at radius 3 is 1.71 bits per heavy atom. The summed E-state index contributed by atoms with van der Waals surface area (Å²) >= 11 is 0. The Kier molecular flexibility index (Phi) is 15.5. The van der Waals surface area contributed by atoms with Crippen molar-refractivity contribution in [2.75, 3.05) is 27.7 Å². The SMILES string of the molecule is CCOC(CCCCCCCCCCCCCC=C=O)[N+](C)(C)C. The first kappa shape index (κ1) is 23.4. The van der Waals surface area contributed by atoms with Crippen molar-refractivity contribution < 1.29 is 14.0 Å². The lowest BCUT2D eigenvalue weighted by Crippen LogP contribution is -2.46. The van der Waals surface area contributed by atoms with E-state index in [9.17, 15) is 4.79 Å². The molecule has 1 unspecified atom stereocenters. The van der Waals surface area contributed by atoms with Gasteiger partial charge in [-0.3, -0.25) is 0 Å². The van der Waals surface area contributed by atoms with Gasteiger partial charge in [0.25, 0.3) is 0 Å². The number of allylic oxidation sites excluding steroid dienone is 1. The van der Waals surface area contributed by atoms with E-state index in [2.05, 4.69) is 28.1 Å². The molecule has 3 nitrogen and oxygen atoms in total. The van der Waals surface area contributed by atoms with Gasteiger partial charge in [-0.2, -0.15) is 0 Å². The molecule has 0 amide bonds. The quantitative estimate of drug-likeness (QED) is 0.151. The highest BCUT2D eigenvalue weighted by atomic mass is 16.5. The summed E-state index contributed by atoms with van der Waals surface area (Å²) in [6.07, 6.45) is 18.6.